The number of carbonyl (C=O) groups excluding carboxylic acids is 1. The Morgan fingerprint density at radius 3 is 2.95 bits per heavy atom. The van der Waals surface area contributed by atoms with Crippen molar-refractivity contribution in [3.05, 3.63) is 34.6 Å². The first-order chi connectivity index (χ1) is 9.15. The lowest BCUT2D eigenvalue weighted by Crippen LogP contribution is -2.44. The summed E-state index contributed by atoms with van der Waals surface area (Å²) in [5.41, 5.74) is 0.00522. The fraction of sp³-hybridized carbons (Fsp3) is 0.500. The monoisotopic (exact) mass is 347 g/mol. The first kappa shape index (κ1) is 14.8. The third-order valence-electron chi connectivity index (χ3n) is 3.51. The highest BCUT2D eigenvalue weighted by atomic mass is 79.9. The first-order valence-corrected chi connectivity index (χ1v) is 7.96. The molecular weight excluding hydrogens is 333 g/mol. The average molecular weight is 349 g/mol. The van der Waals surface area contributed by atoms with Crippen molar-refractivity contribution in [3.8, 4) is 0 Å². The number of hydrogen-bond donors (Lipinski definition) is 0. The molecule has 0 radical (unpaired) electrons. The Labute approximate surface area is 126 Å². The van der Waals surface area contributed by atoms with Gasteiger partial charge in [0.2, 0.25) is 0 Å². The molecule has 1 saturated heterocycles. The number of hydrogen-bond acceptors (Lipinski definition) is 1. The van der Waals surface area contributed by atoms with E-state index in [1.807, 2.05) is 0 Å². The van der Waals surface area contributed by atoms with E-state index in [0.29, 0.717) is 6.54 Å². The fourth-order valence-electron chi connectivity index (χ4n) is 2.54. The average Bonchev–Trinajstić information content (AvgIpc) is 2.39. The molecule has 0 saturated carbocycles. The molecule has 19 heavy (non-hydrogen) atoms. The normalized spacial score (nSPS) is 19.5. The van der Waals surface area contributed by atoms with Crippen LogP contribution in [0, 0.1) is 5.82 Å². The lowest BCUT2D eigenvalue weighted by molar-refractivity contribution is 0.0605. The Kier molecular flexibility index (Phi) is 5.22. The highest BCUT2D eigenvalue weighted by Crippen LogP contribution is 2.26. The molecule has 0 N–H and O–H groups in total. The number of rotatable bonds is 3. The number of piperidine rings is 1. The summed E-state index contributed by atoms with van der Waals surface area (Å²) in [7, 11) is 0. The van der Waals surface area contributed by atoms with Crippen LogP contribution in [0.5, 0.6) is 0 Å². The third kappa shape index (κ3) is 3.29. The zero-order valence-electron chi connectivity index (χ0n) is 10.5. The van der Waals surface area contributed by atoms with Gasteiger partial charge in [-0.25, -0.2) is 4.39 Å². The molecule has 2 rings (SSSR count). The van der Waals surface area contributed by atoms with Gasteiger partial charge in [0.25, 0.3) is 5.91 Å². The van der Waals surface area contributed by atoms with Crippen LogP contribution >= 0.6 is 27.5 Å². The maximum atomic E-state index is 13.8. The number of amides is 1. The van der Waals surface area contributed by atoms with Crippen molar-refractivity contribution < 1.29 is 9.18 Å². The maximum Gasteiger partial charge on any atom is 0.258 e. The van der Waals surface area contributed by atoms with E-state index in [-0.39, 0.29) is 22.5 Å². The van der Waals surface area contributed by atoms with Crippen molar-refractivity contribution in [2.45, 2.75) is 31.7 Å². The Morgan fingerprint density at radius 2 is 2.26 bits per heavy atom. The molecule has 1 fully saturated rings. The van der Waals surface area contributed by atoms with Gasteiger partial charge < -0.3 is 4.90 Å². The molecule has 104 valence electrons. The van der Waals surface area contributed by atoms with Crippen molar-refractivity contribution in [2.75, 3.05) is 11.9 Å². The Morgan fingerprint density at radius 1 is 1.47 bits per heavy atom. The van der Waals surface area contributed by atoms with Gasteiger partial charge in [-0.2, -0.15) is 0 Å². The van der Waals surface area contributed by atoms with E-state index in [1.165, 1.54) is 12.1 Å². The van der Waals surface area contributed by atoms with E-state index in [9.17, 15) is 9.18 Å². The zero-order valence-corrected chi connectivity index (χ0v) is 12.9. The molecule has 0 aromatic heterocycles. The third-order valence-corrected chi connectivity index (χ3v) is 4.28. The molecule has 5 heteroatoms. The Balaban J connectivity index is 2.26. The summed E-state index contributed by atoms with van der Waals surface area (Å²) in [5.74, 6) is -0.825. The summed E-state index contributed by atoms with van der Waals surface area (Å²) in [6.07, 6.45) is 3.95. The summed E-state index contributed by atoms with van der Waals surface area (Å²) in [6, 6.07) is 4.53. The fourth-order valence-corrected chi connectivity index (χ4v) is 3.31. The van der Waals surface area contributed by atoms with Crippen LogP contribution in [-0.2, 0) is 0 Å². The predicted octanol–water partition coefficient (Wildman–Crippen LogP) is 4.26. The second kappa shape index (κ2) is 6.71. The van der Waals surface area contributed by atoms with Gasteiger partial charge in [0.1, 0.15) is 5.82 Å². The minimum Gasteiger partial charge on any atom is -0.335 e. The largest absolute Gasteiger partial charge is 0.335 e. The van der Waals surface area contributed by atoms with E-state index in [4.69, 9.17) is 11.6 Å². The van der Waals surface area contributed by atoms with Gasteiger partial charge in [0.05, 0.1) is 10.6 Å². The predicted molar refractivity (Wildman–Crippen MR) is 78.5 cm³/mol. The van der Waals surface area contributed by atoms with Crippen molar-refractivity contribution in [1.82, 2.24) is 4.90 Å². The Hall–Kier alpha value is -0.610. The summed E-state index contributed by atoms with van der Waals surface area (Å²) in [6.45, 7) is 0.682. The molecule has 0 aliphatic carbocycles. The minimum absolute atomic E-state index is 0.00522. The highest BCUT2D eigenvalue weighted by molar-refractivity contribution is 9.09. The number of carbonyl (C=O) groups is 1. The highest BCUT2D eigenvalue weighted by Gasteiger charge is 2.29. The van der Waals surface area contributed by atoms with E-state index in [1.54, 1.807) is 11.0 Å². The molecule has 1 aromatic rings. The molecule has 0 spiro atoms. The topological polar surface area (TPSA) is 20.3 Å². The summed E-state index contributed by atoms with van der Waals surface area (Å²) >= 11 is 9.38. The molecule has 1 atom stereocenters. The van der Waals surface area contributed by atoms with Crippen LogP contribution in [0.1, 0.15) is 36.0 Å². The summed E-state index contributed by atoms with van der Waals surface area (Å²) in [5, 5.41) is 1.03. The van der Waals surface area contributed by atoms with Crippen LogP contribution in [0.15, 0.2) is 18.2 Å². The summed E-state index contributed by atoms with van der Waals surface area (Å²) in [4.78, 5) is 14.3. The number of benzene rings is 1. The van der Waals surface area contributed by atoms with E-state index in [0.717, 1.165) is 31.0 Å². The molecule has 2 nitrogen and oxygen atoms in total. The van der Waals surface area contributed by atoms with Gasteiger partial charge in [0, 0.05) is 17.9 Å². The molecule has 1 heterocycles. The Bertz CT molecular complexity index is 447. The van der Waals surface area contributed by atoms with Gasteiger partial charge in [0.15, 0.2) is 0 Å². The number of halogens is 3. The first-order valence-electron chi connectivity index (χ1n) is 6.46. The van der Waals surface area contributed by atoms with Crippen LogP contribution in [0.4, 0.5) is 4.39 Å². The van der Waals surface area contributed by atoms with Crippen LogP contribution in [0.2, 0.25) is 5.02 Å². The summed E-state index contributed by atoms with van der Waals surface area (Å²) < 4.78 is 13.8. The van der Waals surface area contributed by atoms with Crippen LogP contribution < -0.4 is 0 Å². The van der Waals surface area contributed by atoms with Crippen LogP contribution in [0.3, 0.4) is 0 Å². The van der Waals surface area contributed by atoms with E-state index < -0.39 is 5.82 Å². The molecule has 0 bridgehead atoms. The van der Waals surface area contributed by atoms with Gasteiger partial charge in [-0.1, -0.05) is 33.6 Å². The van der Waals surface area contributed by atoms with Crippen molar-refractivity contribution in [2.24, 2.45) is 0 Å². The van der Waals surface area contributed by atoms with E-state index >= 15 is 0 Å². The van der Waals surface area contributed by atoms with E-state index in [2.05, 4.69) is 15.9 Å². The smallest absolute Gasteiger partial charge is 0.258 e. The molecule has 1 aliphatic heterocycles. The van der Waals surface area contributed by atoms with Crippen molar-refractivity contribution >= 4 is 33.4 Å². The molecule has 1 unspecified atom stereocenters. The van der Waals surface area contributed by atoms with Gasteiger partial charge in [-0.3, -0.25) is 4.79 Å². The number of likely N-dealkylation sites (tertiary alicyclic amines) is 1. The molecule has 1 aromatic carbocycles. The van der Waals surface area contributed by atoms with Crippen LogP contribution in [0.25, 0.3) is 0 Å². The lowest BCUT2D eigenvalue weighted by Gasteiger charge is -2.35. The standard InChI is InChI=1S/C14H16BrClFNO/c15-8-7-10-4-1-2-9-18(10)14(19)13-11(16)5-3-6-12(13)17/h3,5-6,10H,1-2,4,7-9H2. The van der Waals surface area contributed by atoms with Gasteiger partial charge >= 0.3 is 0 Å². The quantitative estimate of drug-likeness (QED) is 0.747. The van der Waals surface area contributed by atoms with Crippen molar-refractivity contribution in [3.63, 3.8) is 0 Å². The maximum absolute atomic E-state index is 13.8. The van der Waals surface area contributed by atoms with Gasteiger partial charge in [-0.15, -0.1) is 0 Å². The second-order valence-corrected chi connectivity index (χ2v) is 5.92. The molecule has 1 aliphatic rings. The number of alkyl halides is 1. The minimum atomic E-state index is -0.541. The number of nitrogens with zero attached hydrogens (tertiary/aromatic N) is 1. The van der Waals surface area contributed by atoms with Crippen LogP contribution in [-0.4, -0.2) is 28.7 Å². The molecular formula is C14H16BrClFNO. The van der Waals surface area contributed by atoms with Gasteiger partial charge in [-0.05, 0) is 37.8 Å². The lowest BCUT2D eigenvalue weighted by atomic mass is 9.98. The second-order valence-electron chi connectivity index (χ2n) is 4.72. The van der Waals surface area contributed by atoms with Crippen molar-refractivity contribution in [1.29, 1.82) is 0 Å². The molecule has 1 amide bonds. The zero-order chi connectivity index (χ0) is 13.8. The SMILES string of the molecule is O=C(c1c(F)cccc1Cl)N1CCCCC1CCBr.